The second-order valence-electron chi connectivity index (χ2n) is 5.46. The van der Waals surface area contributed by atoms with Crippen LogP contribution in [0.25, 0.3) is 0 Å². The third-order valence-corrected chi connectivity index (χ3v) is 3.84. The number of hydrogen-bond acceptors (Lipinski definition) is 6. The molecule has 0 aromatic heterocycles. The number of hydrogen-bond donors (Lipinski definition) is 2. The van der Waals surface area contributed by atoms with E-state index in [1.807, 2.05) is 0 Å². The van der Waals surface area contributed by atoms with Crippen molar-refractivity contribution in [2.45, 2.75) is 31.3 Å². The summed E-state index contributed by atoms with van der Waals surface area (Å²) in [4.78, 5) is 23.1. The molecule has 4 unspecified atom stereocenters. The van der Waals surface area contributed by atoms with Crippen LogP contribution in [0.2, 0.25) is 0 Å². The van der Waals surface area contributed by atoms with Gasteiger partial charge in [-0.05, 0) is 31.2 Å². The Kier molecular flexibility index (Phi) is 4.10. The van der Waals surface area contributed by atoms with Crippen LogP contribution in [0.5, 0.6) is 0 Å². The first kappa shape index (κ1) is 15.0. The van der Waals surface area contributed by atoms with E-state index in [1.54, 1.807) is 24.3 Å². The molecule has 0 aliphatic carbocycles. The summed E-state index contributed by atoms with van der Waals surface area (Å²) in [7, 11) is 0. The molecule has 0 radical (unpaired) electrons. The lowest BCUT2D eigenvalue weighted by atomic mass is 10.1. The van der Waals surface area contributed by atoms with Crippen LogP contribution >= 0.6 is 0 Å². The number of nitrogens with one attached hydrogen (secondary N) is 1. The maximum atomic E-state index is 11.9. The highest BCUT2D eigenvalue weighted by Crippen LogP contribution is 2.28. The van der Waals surface area contributed by atoms with Gasteiger partial charge in [-0.25, -0.2) is 4.79 Å². The van der Waals surface area contributed by atoms with E-state index < -0.39 is 12.2 Å². The van der Waals surface area contributed by atoms with Crippen molar-refractivity contribution in [1.82, 2.24) is 0 Å². The van der Waals surface area contributed by atoms with Gasteiger partial charge in [0.2, 0.25) is 0 Å². The summed E-state index contributed by atoms with van der Waals surface area (Å²) in [6, 6.07) is 6.40. The minimum Gasteiger partial charge on any atom is -0.441 e. The van der Waals surface area contributed by atoms with E-state index >= 15 is 0 Å². The highest BCUT2D eigenvalue weighted by atomic mass is 16.6. The number of fused-ring (bicyclic) bond motifs is 1. The number of carbonyl (C=O) groups excluding carboxylic acids is 2. The van der Waals surface area contributed by atoms with Gasteiger partial charge in [0.25, 0.3) is 0 Å². The third kappa shape index (κ3) is 2.96. The van der Waals surface area contributed by atoms with Gasteiger partial charge in [0, 0.05) is 11.3 Å². The summed E-state index contributed by atoms with van der Waals surface area (Å²) in [5, 5.41) is 2.61. The Morgan fingerprint density at radius 3 is 2.55 bits per heavy atom. The number of carbonyl (C=O) groups is 2. The van der Waals surface area contributed by atoms with Crippen LogP contribution in [-0.2, 0) is 14.2 Å². The number of Topliss-reactive ketones (excluding diaryl/α,β-unsaturated/α-hetero) is 1. The van der Waals surface area contributed by atoms with Crippen LogP contribution in [-0.4, -0.2) is 49.4 Å². The van der Waals surface area contributed by atoms with Gasteiger partial charge >= 0.3 is 6.09 Å². The molecule has 7 heteroatoms. The van der Waals surface area contributed by atoms with Crippen LogP contribution in [0.3, 0.4) is 0 Å². The van der Waals surface area contributed by atoms with Crippen molar-refractivity contribution in [3.05, 3.63) is 29.8 Å². The first-order chi connectivity index (χ1) is 10.5. The van der Waals surface area contributed by atoms with Crippen LogP contribution in [0.4, 0.5) is 10.5 Å². The molecular formula is C15H18N2O5. The van der Waals surface area contributed by atoms with E-state index in [2.05, 4.69) is 5.32 Å². The van der Waals surface area contributed by atoms with Crippen molar-refractivity contribution < 1.29 is 23.8 Å². The summed E-state index contributed by atoms with van der Waals surface area (Å²) in [6.07, 6.45) is -1.57. The van der Waals surface area contributed by atoms with Crippen molar-refractivity contribution >= 4 is 17.6 Å². The van der Waals surface area contributed by atoms with Crippen LogP contribution in [0, 0.1) is 0 Å². The van der Waals surface area contributed by atoms with E-state index in [1.165, 1.54) is 6.92 Å². The Morgan fingerprint density at radius 2 is 1.86 bits per heavy atom. The Balaban J connectivity index is 1.55. The molecule has 3 rings (SSSR count). The zero-order chi connectivity index (χ0) is 15.7. The molecule has 0 bridgehead atoms. The van der Waals surface area contributed by atoms with Gasteiger partial charge < -0.3 is 19.9 Å². The SMILES string of the molecule is CC(=O)c1ccc(NC(=O)OC2COC3C(N)COC23)cc1. The maximum Gasteiger partial charge on any atom is 0.412 e. The van der Waals surface area contributed by atoms with Crippen LogP contribution < -0.4 is 11.1 Å². The summed E-state index contributed by atoms with van der Waals surface area (Å²) >= 11 is 0. The number of anilines is 1. The molecule has 22 heavy (non-hydrogen) atoms. The zero-order valence-corrected chi connectivity index (χ0v) is 12.2. The van der Waals surface area contributed by atoms with E-state index in [4.69, 9.17) is 19.9 Å². The number of ether oxygens (including phenoxy) is 3. The quantitative estimate of drug-likeness (QED) is 0.806. The molecule has 2 aliphatic heterocycles. The fraction of sp³-hybridized carbons (Fsp3) is 0.467. The predicted molar refractivity (Wildman–Crippen MR) is 77.8 cm³/mol. The molecule has 7 nitrogen and oxygen atoms in total. The second-order valence-corrected chi connectivity index (χ2v) is 5.46. The molecular weight excluding hydrogens is 288 g/mol. The maximum absolute atomic E-state index is 11.9. The summed E-state index contributed by atoms with van der Waals surface area (Å²) in [5.41, 5.74) is 6.97. The molecule has 4 atom stereocenters. The molecule has 1 amide bonds. The van der Waals surface area contributed by atoms with Crippen molar-refractivity contribution in [3.8, 4) is 0 Å². The number of benzene rings is 1. The molecule has 1 aromatic rings. The highest BCUT2D eigenvalue weighted by molar-refractivity contribution is 5.94. The van der Waals surface area contributed by atoms with Crippen molar-refractivity contribution in [1.29, 1.82) is 0 Å². The first-order valence-electron chi connectivity index (χ1n) is 7.12. The Bertz CT molecular complexity index is 574. The molecule has 118 valence electrons. The Hall–Kier alpha value is -1.96. The number of nitrogens with two attached hydrogens (primary N) is 1. The van der Waals surface area contributed by atoms with Gasteiger partial charge in [0.05, 0.1) is 19.3 Å². The standard InChI is InChI=1S/C15H18N2O5/c1-8(18)9-2-4-10(5-3-9)17-15(19)22-12-7-21-13-11(16)6-20-14(12)13/h2-5,11-14H,6-7,16H2,1H3,(H,17,19). The van der Waals surface area contributed by atoms with Crippen molar-refractivity contribution in [2.24, 2.45) is 5.73 Å². The normalized spacial score (nSPS) is 29.9. The lowest BCUT2D eigenvalue weighted by molar-refractivity contribution is 0.00900. The van der Waals surface area contributed by atoms with Crippen molar-refractivity contribution in [3.63, 3.8) is 0 Å². The molecule has 2 saturated heterocycles. The Labute approximate surface area is 127 Å². The third-order valence-electron chi connectivity index (χ3n) is 3.84. The molecule has 3 N–H and O–H groups in total. The van der Waals surface area contributed by atoms with Gasteiger partial charge in [-0.2, -0.15) is 0 Å². The van der Waals surface area contributed by atoms with Gasteiger partial charge in [-0.15, -0.1) is 0 Å². The fourth-order valence-electron chi connectivity index (χ4n) is 2.67. The fourth-order valence-corrected chi connectivity index (χ4v) is 2.67. The van der Waals surface area contributed by atoms with E-state index in [-0.39, 0.29) is 30.6 Å². The zero-order valence-electron chi connectivity index (χ0n) is 12.2. The molecule has 2 fully saturated rings. The molecule has 1 aromatic carbocycles. The topological polar surface area (TPSA) is 99.9 Å². The smallest absolute Gasteiger partial charge is 0.412 e. The average Bonchev–Trinajstić information content (AvgIpc) is 3.04. The molecule has 0 saturated carbocycles. The number of rotatable bonds is 3. The largest absolute Gasteiger partial charge is 0.441 e. The summed E-state index contributed by atoms with van der Waals surface area (Å²) in [6.45, 7) is 2.17. The minimum atomic E-state index is -0.589. The number of ketones is 1. The minimum absolute atomic E-state index is 0.0296. The molecule has 2 aliphatic rings. The van der Waals surface area contributed by atoms with Crippen LogP contribution in [0.15, 0.2) is 24.3 Å². The molecule has 0 spiro atoms. The second kappa shape index (κ2) is 6.04. The highest BCUT2D eigenvalue weighted by Gasteiger charge is 2.48. The predicted octanol–water partition coefficient (Wildman–Crippen LogP) is 0.931. The van der Waals surface area contributed by atoms with E-state index in [9.17, 15) is 9.59 Å². The van der Waals surface area contributed by atoms with Crippen LogP contribution in [0.1, 0.15) is 17.3 Å². The molecule has 2 heterocycles. The van der Waals surface area contributed by atoms with Gasteiger partial charge in [0.1, 0.15) is 12.2 Å². The van der Waals surface area contributed by atoms with E-state index in [0.717, 1.165) is 0 Å². The van der Waals surface area contributed by atoms with Crippen molar-refractivity contribution in [2.75, 3.05) is 18.5 Å². The summed E-state index contributed by atoms with van der Waals surface area (Å²) < 4.78 is 16.3. The lowest BCUT2D eigenvalue weighted by Crippen LogP contribution is -2.38. The van der Waals surface area contributed by atoms with Gasteiger partial charge in [-0.1, -0.05) is 0 Å². The van der Waals surface area contributed by atoms with Gasteiger partial charge in [0.15, 0.2) is 11.9 Å². The monoisotopic (exact) mass is 306 g/mol. The first-order valence-corrected chi connectivity index (χ1v) is 7.12. The Morgan fingerprint density at radius 1 is 1.18 bits per heavy atom. The summed E-state index contributed by atoms with van der Waals surface area (Å²) in [5.74, 6) is -0.0296. The number of amides is 1. The average molecular weight is 306 g/mol. The van der Waals surface area contributed by atoms with Gasteiger partial charge in [-0.3, -0.25) is 10.1 Å². The lowest BCUT2D eigenvalue weighted by Gasteiger charge is -2.17. The van der Waals surface area contributed by atoms with E-state index in [0.29, 0.717) is 17.9 Å².